The summed E-state index contributed by atoms with van der Waals surface area (Å²) in [6, 6.07) is 7.93. The lowest BCUT2D eigenvalue weighted by atomic mass is 10.1. The molecule has 0 aliphatic rings. The van der Waals surface area contributed by atoms with Gasteiger partial charge in [0.25, 0.3) is 0 Å². The maximum absolute atomic E-state index is 6.41. The van der Waals surface area contributed by atoms with E-state index in [9.17, 15) is 0 Å². The molecule has 1 aromatic carbocycles. The Morgan fingerprint density at radius 1 is 1.14 bits per heavy atom. The third-order valence-electron chi connectivity index (χ3n) is 3.64. The molecule has 0 aliphatic carbocycles. The van der Waals surface area contributed by atoms with E-state index in [1.807, 2.05) is 37.4 Å². The lowest BCUT2D eigenvalue weighted by Crippen LogP contribution is -2.03. The van der Waals surface area contributed by atoms with Crippen molar-refractivity contribution in [3.8, 4) is 0 Å². The summed E-state index contributed by atoms with van der Waals surface area (Å²) in [4.78, 5) is 8.62. The number of aryl methyl sites for hydroxylation is 2. The normalized spacial score (nSPS) is 10.8. The van der Waals surface area contributed by atoms with Gasteiger partial charge in [-0.05, 0) is 54.8 Å². The van der Waals surface area contributed by atoms with Gasteiger partial charge in [-0.3, -0.25) is 9.97 Å². The molecule has 3 aromatic rings. The molecule has 21 heavy (non-hydrogen) atoms. The molecule has 0 unspecified atom stereocenters. The van der Waals surface area contributed by atoms with Crippen molar-refractivity contribution in [1.29, 1.82) is 0 Å². The van der Waals surface area contributed by atoms with Crippen molar-refractivity contribution in [2.45, 2.75) is 20.4 Å². The van der Waals surface area contributed by atoms with Crippen LogP contribution in [0.5, 0.6) is 0 Å². The van der Waals surface area contributed by atoms with E-state index in [-0.39, 0.29) is 0 Å². The van der Waals surface area contributed by atoms with Gasteiger partial charge in [-0.2, -0.15) is 0 Å². The molecule has 3 rings (SSSR count). The van der Waals surface area contributed by atoms with Gasteiger partial charge in [-0.15, -0.1) is 0 Å². The fraction of sp³-hybridized carbons (Fsp3) is 0.176. The minimum Gasteiger partial charge on any atom is -0.379 e. The SMILES string of the molecule is Cc1ccncc1CNc1c(Cl)cc(C)c2ncccc12. The van der Waals surface area contributed by atoms with Crippen LogP contribution in [0, 0.1) is 13.8 Å². The van der Waals surface area contributed by atoms with Crippen LogP contribution in [0.2, 0.25) is 5.02 Å². The van der Waals surface area contributed by atoms with Crippen molar-refractivity contribution >= 4 is 28.2 Å². The number of rotatable bonds is 3. The van der Waals surface area contributed by atoms with Gasteiger partial charge in [0.1, 0.15) is 0 Å². The second-order valence-corrected chi connectivity index (χ2v) is 5.51. The number of halogens is 1. The fourth-order valence-electron chi connectivity index (χ4n) is 2.43. The molecule has 0 aliphatic heterocycles. The van der Waals surface area contributed by atoms with Crippen molar-refractivity contribution in [1.82, 2.24) is 9.97 Å². The summed E-state index contributed by atoms with van der Waals surface area (Å²) in [5.41, 5.74) is 5.36. The summed E-state index contributed by atoms with van der Waals surface area (Å²) >= 11 is 6.41. The van der Waals surface area contributed by atoms with Gasteiger partial charge in [-0.25, -0.2) is 0 Å². The van der Waals surface area contributed by atoms with Crippen molar-refractivity contribution in [2.75, 3.05) is 5.32 Å². The van der Waals surface area contributed by atoms with E-state index in [2.05, 4.69) is 22.2 Å². The maximum atomic E-state index is 6.41. The number of aromatic nitrogens is 2. The van der Waals surface area contributed by atoms with Crippen molar-refractivity contribution < 1.29 is 0 Å². The molecule has 4 heteroatoms. The topological polar surface area (TPSA) is 37.8 Å². The lowest BCUT2D eigenvalue weighted by Gasteiger charge is -2.14. The highest BCUT2D eigenvalue weighted by molar-refractivity contribution is 6.35. The predicted octanol–water partition coefficient (Wildman–Crippen LogP) is 4.51. The van der Waals surface area contributed by atoms with E-state index in [1.165, 1.54) is 5.56 Å². The molecular weight excluding hydrogens is 282 g/mol. The number of fused-ring (bicyclic) bond motifs is 1. The highest BCUT2D eigenvalue weighted by Gasteiger charge is 2.10. The number of benzene rings is 1. The molecular formula is C17H16ClN3. The van der Waals surface area contributed by atoms with Gasteiger partial charge in [0, 0.05) is 30.5 Å². The molecule has 2 heterocycles. The number of nitrogens with one attached hydrogen (secondary N) is 1. The first-order valence-corrected chi connectivity index (χ1v) is 7.22. The van der Waals surface area contributed by atoms with Gasteiger partial charge >= 0.3 is 0 Å². The molecule has 106 valence electrons. The van der Waals surface area contributed by atoms with Crippen LogP contribution in [0.25, 0.3) is 10.9 Å². The molecule has 0 radical (unpaired) electrons. The van der Waals surface area contributed by atoms with E-state index < -0.39 is 0 Å². The highest BCUT2D eigenvalue weighted by atomic mass is 35.5. The van der Waals surface area contributed by atoms with E-state index in [4.69, 9.17) is 11.6 Å². The van der Waals surface area contributed by atoms with Crippen LogP contribution in [0.1, 0.15) is 16.7 Å². The van der Waals surface area contributed by atoms with Crippen molar-refractivity contribution in [2.24, 2.45) is 0 Å². The first-order chi connectivity index (χ1) is 10.2. The minimum atomic E-state index is 0.687. The molecule has 0 saturated carbocycles. The standard InChI is InChI=1S/C17H16ClN3/c1-11-5-7-19-9-13(11)10-21-17-14-4-3-6-20-16(14)12(2)8-15(17)18/h3-9,21H,10H2,1-2H3. The Hall–Kier alpha value is -2.13. The van der Waals surface area contributed by atoms with Crippen LogP contribution in [0.15, 0.2) is 42.9 Å². The number of pyridine rings is 2. The van der Waals surface area contributed by atoms with Gasteiger partial charge < -0.3 is 5.32 Å². The number of anilines is 1. The predicted molar refractivity (Wildman–Crippen MR) is 87.8 cm³/mol. The molecule has 3 nitrogen and oxygen atoms in total. The van der Waals surface area contributed by atoms with Gasteiger partial charge in [0.15, 0.2) is 0 Å². The molecule has 0 spiro atoms. The quantitative estimate of drug-likeness (QED) is 0.773. The Labute approximate surface area is 129 Å². The van der Waals surface area contributed by atoms with Gasteiger partial charge in [0.2, 0.25) is 0 Å². The number of nitrogens with zero attached hydrogens (tertiary/aromatic N) is 2. The Morgan fingerprint density at radius 2 is 2.00 bits per heavy atom. The molecule has 0 amide bonds. The average Bonchev–Trinajstić information content (AvgIpc) is 2.49. The zero-order chi connectivity index (χ0) is 14.8. The molecule has 1 N–H and O–H groups in total. The van der Waals surface area contributed by atoms with Crippen molar-refractivity contribution in [3.05, 3.63) is 64.6 Å². The zero-order valence-electron chi connectivity index (χ0n) is 12.0. The Kier molecular flexibility index (Phi) is 3.76. The second-order valence-electron chi connectivity index (χ2n) is 5.11. The summed E-state index contributed by atoms with van der Waals surface area (Å²) in [5.74, 6) is 0. The third kappa shape index (κ3) is 2.69. The Bertz CT molecular complexity index is 799. The zero-order valence-corrected chi connectivity index (χ0v) is 12.8. The fourth-order valence-corrected chi connectivity index (χ4v) is 2.76. The highest BCUT2D eigenvalue weighted by Crippen LogP contribution is 2.33. The lowest BCUT2D eigenvalue weighted by molar-refractivity contribution is 1.08. The van der Waals surface area contributed by atoms with Crippen LogP contribution < -0.4 is 5.32 Å². The van der Waals surface area contributed by atoms with Crippen LogP contribution in [0.3, 0.4) is 0 Å². The third-order valence-corrected chi connectivity index (χ3v) is 3.93. The van der Waals surface area contributed by atoms with Gasteiger partial charge in [0.05, 0.1) is 16.2 Å². The summed E-state index contributed by atoms with van der Waals surface area (Å²) in [5, 5.41) is 5.19. The largest absolute Gasteiger partial charge is 0.379 e. The van der Waals surface area contributed by atoms with Crippen molar-refractivity contribution in [3.63, 3.8) is 0 Å². The smallest absolute Gasteiger partial charge is 0.0752 e. The summed E-state index contributed by atoms with van der Waals surface area (Å²) < 4.78 is 0. The molecule has 0 bridgehead atoms. The molecule has 0 atom stereocenters. The summed E-state index contributed by atoms with van der Waals surface area (Å²) in [7, 11) is 0. The molecule has 0 saturated heterocycles. The van der Waals surface area contributed by atoms with Gasteiger partial charge in [-0.1, -0.05) is 11.6 Å². The Balaban J connectivity index is 1.99. The van der Waals surface area contributed by atoms with E-state index in [0.717, 1.165) is 32.7 Å². The second kappa shape index (κ2) is 5.70. The monoisotopic (exact) mass is 297 g/mol. The minimum absolute atomic E-state index is 0.687. The first-order valence-electron chi connectivity index (χ1n) is 6.84. The Morgan fingerprint density at radius 3 is 2.81 bits per heavy atom. The maximum Gasteiger partial charge on any atom is 0.0752 e. The number of hydrogen-bond donors (Lipinski definition) is 1. The average molecular weight is 298 g/mol. The molecule has 0 fully saturated rings. The summed E-state index contributed by atoms with van der Waals surface area (Å²) in [6.45, 7) is 4.79. The van der Waals surface area contributed by atoms with Crippen LogP contribution in [0.4, 0.5) is 5.69 Å². The van der Waals surface area contributed by atoms with E-state index in [1.54, 1.807) is 12.4 Å². The van der Waals surface area contributed by atoms with Crippen LogP contribution >= 0.6 is 11.6 Å². The van der Waals surface area contributed by atoms with E-state index in [0.29, 0.717) is 6.54 Å². The first kappa shape index (κ1) is 13.8. The van der Waals surface area contributed by atoms with Crippen LogP contribution in [-0.2, 0) is 6.54 Å². The van der Waals surface area contributed by atoms with Crippen LogP contribution in [-0.4, -0.2) is 9.97 Å². The number of hydrogen-bond acceptors (Lipinski definition) is 3. The summed E-state index contributed by atoms with van der Waals surface area (Å²) in [6.07, 6.45) is 5.49. The van der Waals surface area contributed by atoms with E-state index >= 15 is 0 Å². The molecule has 2 aromatic heterocycles.